The van der Waals surface area contributed by atoms with Crippen molar-refractivity contribution in [3.8, 4) is 23.0 Å². The van der Waals surface area contributed by atoms with Crippen LogP contribution < -0.4 is 52.5 Å². The van der Waals surface area contributed by atoms with Gasteiger partial charge < -0.3 is 111 Å². The summed E-state index contributed by atoms with van der Waals surface area (Å²) in [6.07, 6.45) is -0.325. The number of ether oxygens (including phenoxy) is 4. The maximum absolute atomic E-state index is 12.3. The van der Waals surface area contributed by atoms with Crippen LogP contribution in [0.3, 0.4) is 0 Å². The fraction of sp³-hybridized carbons (Fsp3) is 0.266. The van der Waals surface area contributed by atoms with Gasteiger partial charge in [0.25, 0.3) is 10.1 Å². The van der Waals surface area contributed by atoms with Gasteiger partial charge in [-0.05, 0) is 158 Å². The van der Waals surface area contributed by atoms with E-state index in [2.05, 4.69) is 5.32 Å². The van der Waals surface area contributed by atoms with Gasteiger partial charge in [-0.25, -0.2) is 28.8 Å². The lowest BCUT2D eigenvalue weighted by molar-refractivity contribution is -0.147. The van der Waals surface area contributed by atoms with Gasteiger partial charge in [-0.3, -0.25) is 64.5 Å². The minimum atomic E-state index is -4.62. The average Bonchev–Trinajstić information content (AvgIpc) is 1.84. The minimum Gasteiger partial charge on any atom is -0.481 e. The number of aryl methyl sites for hydroxylation is 4. The lowest BCUT2D eigenvalue weighted by atomic mass is 10.1. The van der Waals surface area contributed by atoms with Gasteiger partial charge in [-0.15, -0.1) is 0 Å². The monoisotopic (exact) mass is 1730 g/mol. The second-order valence-corrected chi connectivity index (χ2v) is 27.7. The summed E-state index contributed by atoms with van der Waals surface area (Å²) in [7, 11) is -4.62. The number of carbonyl (C=O) groups is 14. The second kappa shape index (κ2) is 47.1. The number of nitrogens with two attached hydrogens (primary N) is 4. The predicted molar refractivity (Wildman–Crippen MR) is 426 cm³/mol. The summed E-state index contributed by atoms with van der Waals surface area (Å²) in [6.45, 7) is 4.19. The highest BCUT2D eigenvalue weighted by Gasteiger charge is 2.30. The van der Waals surface area contributed by atoms with E-state index in [4.69, 9.17) is 116 Å². The number of hydrogen-bond donors (Lipinski definition) is 17. The Morgan fingerprint density at radius 2 is 0.797 bits per heavy atom. The number of nitrogen functional groups attached to an aromatic ring is 4. The van der Waals surface area contributed by atoms with Crippen molar-refractivity contribution in [2.45, 2.75) is 97.1 Å². The number of hydrogen-bond acceptors (Lipinski definition) is 28. The van der Waals surface area contributed by atoms with Gasteiger partial charge in [0.1, 0.15) is 100 Å². The first-order chi connectivity index (χ1) is 57.9. The minimum absolute atomic E-state index is 0.0148. The Kier molecular flexibility index (Phi) is 37.5. The third-order valence-corrected chi connectivity index (χ3v) is 17.2. The Hall–Kier alpha value is -15.6. The molecule has 1 unspecified atom stereocenters. The van der Waals surface area contributed by atoms with E-state index in [1.807, 2.05) is 12.2 Å². The van der Waals surface area contributed by atoms with E-state index in [0.29, 0.717) is 52.3 Å². The third-order valence-electron chi connectivity index (χ3n) is 16.4. The number of carboxylic acid groups (broad SMARTS) is 6. The molecule has 0 aliphatic rings. The zero-order valence-corrected chi connectivity index (χ0v) is 66.5. The fourth-order valence-corrected chi connectivity index (χ4v) is 10.9. The van der Waals surface area contributed by atoms with Crippen molar-refractivity contribution in [3.63, 3.8) is 0 Å². The summed E-state index contributed by atoms with van der Waals surface area (Å²) in [5.74, 6) is -13.8. The topological polar surface area (TPSA) is 734 Å². The van der Waals surface area contributed by atoms with E-state index < -0.39 is 124 Å². The van der Waals surface area contributed by atoms with Crippen LogP contribution >= 0.6 is 0 Å². The van der Waals surface area contributed by atoms with E-state index >= 15 is 0 Å². The van der Waals surface area contributed by atoms with Crippen LogP contribution in [0, 0.1) is 34.5 Å². The molecule has 4 amide bonds. The lowest BCUT2D eigenvalue weighted by Crippen LogP contribution is -2.47. The summed E-state index contributed by atoms with van der Waals surface area (Å²) in [6, 6.07) is 30.9. The number of amides is 4. The van der Waals surface area contributed by atoms with Crippen LogP contribution in [0.5, 0.6) is 23.0 Å². The highest BCUT2D eigenvalue weighted by Crippen LogP contribution is 2.25. The second-order valence-electron chi connectivity index (χ2n) is 26.2. The number of rotatable bonds is 41. The van der Waals surface area contributed by atoms with Gasteiger partial charge in [0.15, 0.2) is 0 Å². The van der Waals surface area contributed by atoms with Crippen LogP contribution in [0.1, 0.15) is 145 Å². The first-order valence-corrected chi connectivity index (χ1v) is 37.9. The molecule has 21 N–H and O–H groups in total. The van der Waals surface area contributed by atoms with Crippen molar-refractivity contribution < 1.29 is 147 Å². The zero-order chi connectivity index (χ0) is 91.5. The van der Waals surface area contributed by atoms with Gasteiger partial charge >= 0.3 is 59.7 Å². The van der Waals surface area contributed by atoms with E-state index in [0.717, 1.165) is 4.90 Å². The normalized spacial score (nSPS) is 11.3. The Morgan fingerprint density at radius 3 is 1.14 bits per heavy atom. The van der Waals surface area contributed by atoms with Gasteiger partial charge in [0, 0.05) is 86.2 Å². The summed E-state index contributed by atoms with van der Waals surface area (Å²) in [5, 5.41) is 86.7. The van der Waals surface area contributed by atoms with Crippen LogP contribution in [-0.2, 0) is 83.7 Å². The van der Waals surface area contributed by atoms with E-state index in [-0.39, 0.29) is 151 Å². The molecule has 0 spiro atoms. The molecule has 43 nitrogen and oxygen atoms in total. The molecule has 44 heteroatoms. The molecule has 4 aromatic carbocycles. The molecular weight excluding hydrogens is 1640 g/mol. The first-order valence-electron chi connectivity index (χ1n) is 36.3. The molecule has 8 rings (SSSR count). The number of benzene rings is 4. The Balaban J connectivity index is 0.000000292. The first kappa shape index (κ1) is 97.9. The van der Waals surface area contributed by atoms with Gasteiger partial charge in [-0.2, -0.15) is 8.42 Å². The van der Waals surface area contributed by atoms with Gasteiger partial charge in [0.05, 0.1) is 12.8 Å². The number of esters is 4. The Morgan fingerprint density at radius 1 is 0.439 bits per heavy atom. The van der Waals surface area contributed by atoms with Crippen LogP contribution in [0.15, 0.2) is 157 Å². The molecule has 0 aliphatic carbocycles. The summed E-state index contributed by atoms with van der Waals surface area (Å²) >= 11 is 0. The molecule has 0 saturated heterocycles. The molecule has 0 radical (unpaired) electrons. The molecule has 8 aromatic rings. The van der Waals surface area contributed by atoms with Crippen molar-refractivity contribution in [2.75, 3.05) is 31.9 Å². The number of carbonyl (C=O) groups excluding carboxylic acids is 8. The van der Waals surface area contributed by atoms with Crippen molar-refractivity contribution in [1.82, 2.24) is 20.4 Å². The number of aliphatic carboxylic acids is 6. The summed E-state index contributed by atoms with van der Waals surface area (Å²) in [5.41, 5.74) is 24.0. The molecule has 4 aromatic heterocycles. The molecule has 0 bridgehead atoms. The Bertz CT molecular complexity index is 5320. The van der Waals surface area contributed by atoms with Crippen molar-refractivity contribution >= 4 is 117 Å². The fourth-order valence-electron chi connectivity index (χ4n) is 10.3. The lowest BCUT2D eigenvalue weighted by Gasteiger charge is -2.19. The van der Waals surface area contributed by atoms with E-state index in [1.165, 1.54) is 121 Å². The molecule has 654 valence electrons. The van der Waals surface area contributed by atoms with Crippen LogP contribution in [0.4, 0.5) is 0 Å². The molecule has 0 saturated carbocycles. The van der Waals surface area contributed by atoms with Crippen LogP contribution in [0.25, 0.3) is 0 Å². The number of furan rings is 4. The molecular formula is C79H86N12O31S. The van der Waals surface area contributed by atoms with Crippen LogP contribution in [-0.4, -0.2) is 204 Å². The summed E-state index contributed by atoms with van der Waals surface area (Å²) in [4.78, 5) is 165. The van der Waals surface area contributed by atoms with Crippen molar-refractivity contribution in [3.05, 3.63) is 213 Å². The Labute approximate surface area is 697 Å². The van der Waals surface area contributed by atoms with Gasteiger partial charge in [0.2, 0.25) is 46.7 Å². The molecule has 4 heterocycles. The molecule has 3 atom stereocenters. The molecule has 0 fully saturated rings. The number of amidine groups is 4. The SMILES string of the molecule is CC(Cc1ccc(C(=O)Oc2ccc(C(=N)N)cc2)o1)C(=O)N[C@@H](CS(=O)(=O)O)C(=O)O.CCCN(CC(=O)O)C(=O)CCc1ccc(C(=O)Oc2ccc(C(=N)N)cc2)o1.Cc1cc(C(=N)N)ccc1OC(=O)c1ccc(CCC(=O)N[C@@H](CC(=O)O)C(=O)O)o1.N=C(N)c1ccc(OC(=O)c2ccc(CCC(=O)N(CCC(=O)O)CC(=O)O)o2)cc1. The number of nitrogens with one attached hydrogen (secondary N) is 6. The predicted octanol–water partition coefficient (Wildman–Crippen LogP) is 4.63. The van der Waals surface area contributed by atoms with E-state index in [1.54, 1.807) is 37.3 Å². The molecule has 123 heavy (non-hydrogen) atoms. The van der Waals surface area contributed by atoms with Crippen molar-refractivity contribution in [2.24, 2.45) is 28.9 Å². The number of nitrogens with zero attached hydrogens (tertiary/aromatic N) is 2. The maximum atomic E-state index is 12.3. The van der Waals surface area contributed by atoms with Crippen LogP contribution in [0.2, 0.25) is 0 Å². The molecule has 0 aliphatic heterocycles. The smallest absolute Gasteiger partial charge is 0.379 e. The summed E-state index contributed by atoms with van der Waals surface area (Å²) < 4.78 is 73.0. The highest BCUT2D eigenvalue weighted by atomic mass is 32.2. The maximum Gasteiger partial charge on any atom is 0.379 e. The largest absolute Gasteiger partial charge is 0.481 e. The standard InChI is InChI=1S/2C20H21N3O8.C20H23N3O6.C19H21N3O9S/c1-10-8-11(18(21)22)2-5-14(10)31-20(29)15-6-3-12(30-15)4-7-16(24)23-13(19(27)28)9-17(25)26;21-19(22)12-1-3-14(4-2-12)31-20(29)15-7-5-13(30-15)6-8-16(24)23(11-18(27)28)10-9-17(25)26;1-2-11-23(12-18(25)26)17(24)10-8-14-7-9-16(28-14)20(27)29-15-5-3-13(4-6-15)19(21)22;1-10(17(23)22-14(18(24)25)9-32(27,28)29)8-13-6-7-15(30-13)19(26)31-12-4-2-11(3-5-12)16(20)21/h2-3,5-6,8,13H,4,7,9H2,1H3,(H3,21,22)(H,23,24)(H,25,26)(H,27,28);1-5,7H,6,8-11H2,(H3,21,22)(H,25,26)(H,27,28);3-7,9H,2,8,10-12H2,1H3,(H3,21,22)(H,25,26);2-7,10,14H,8-9H2,1H3,(H3,20,21)(H,22,23)(H,24,25)(H,27,28,29)/t13-;;;10?,14-/m0..0/s1. The average molecular weight is 1730 g/mol. The van der Waals surface area contributed by atoms with Crippen molar-refractivity contribution in [1.29, 1.82) is 21.6 Å². The quantitative estimate of drug-likeness (QED) is 0.00816. The third kappa shape index (κ3) is 34.5. The van der Waals surface area contributed by atoms with Gasteiger partial charge in [-0.1, -0.05) is 13.8 Å². The van der Waals surface area contributed by atoms with E-state index in [9.17, 15) is 75.5 Å². The highest BCUT2D eigenvalue weighted by molar-refractivity contribution is 7.85. The zero-order valence-electron chi connectivity index (χ0n) is 65.7. The number of carboxylic acids is 6.